The highest BCUT2D eigenvalue weighted by Gasteiger charge is 2.23. The number of benzene rings is 1. The third kappa shape index (κ3) is 1.86. The van der Waals surface area contributed by atoms with Crippen molar-refractivity contribution in [3.05, 3.63) is 29.3 Å². The van der Waals surface area contributed by atoms with Crippen molar-refractivity contribution < 1.29 is 4.74 Å². The number of nitrogens with one attached hydrogen (secondary N) is 1. The molecule has 2 rings (SSSR count). The second-order valence-electron chi connectivity index (χ2n) is 4.31. The SMILES string of the molecule is CNC1CCC(C)c2ccc(OC)cc21. The van der Waals surface area contributed by atoms with Crippen LogP contribution in [0.5, 0.6) is 5.75 Å². The van der Waals surface area contributed by atoms with Crippen LogP contribution >= 0.6 is 0 Å². The van der Waals surface area contributed by atoms with E-state index in [9.17, 15) is 0 Å². The molecular formula is C13H19NO. The van der Waals surface area contributed by atoms with Crippen molar-refractivity contribution in [2.75, 3.05) is 14.2 Å². The van der Waals surface area contributed by atoms with E-state index < -0.39 is 0 Å². The molecule has 1 aromatic rings. The van der Waals surface area contributed by atoms with Gasteiger partial charge in [-0.25, -0.2) is 0 Å². The van der Waals surface area contributed by atoms with Crippen molar-refractivity contribution in [2.24, 2.45) is 0 Å². The topological polar surface area (TPSA) is 21.3 Å². The number of hydrogen-bond acceptors (Lipinski definition) is 2. The maximum absolute atomic E-state index is 5.28. The number of methoxy groups -OCH3 is 1. The van der Waals surface area contributed by atoms with Gasteiger partial charge in [0.2, 0.25) is 0 Å². The molecule has 1 aliphatic carbocycles. The van der Waals surface area contributed by atoms with Gasteiger partial charge in [-0.05, 0) is 49.1 Å². The van der Waals surface area contributed by atoms with Gasteiger partial charge in [0.05, 0.1) is 7.11 Å². The van der Waals surface area contributed by atoms with Gasteiger partial charge < -0.3 is 10.1 Å². The zero-order valence-corrected chi connectivity index (χ0v) is 9.71. The average molecular weight is 205 g/mol. The predicted octanol–water partition coefficient (Wildman–Crippen LogP) is 2.85. The molecule has 1 aromatic carbocycles. The van der Waals surface area contributed by atoms with Gasteiger partial charge in [0.15, 0.2) is 0 Å². The van der Waals surface area contributed by atoms with Gasteiger partial charge in [0.25, 0.3) is 0 Å². The first-order valence-electron chi connectivity index (χ1n) is 5.61. The first-order chi connectivity index (χ1) is 7.26. The van der Waals surface area contributed by atoms with Gasteiger partial charge in [-0.2, -0.15) is 0 Å². The number of rotatable bonds is 2. The minimum absolute atomic E-state index is 0.492. The van der Waals surface area contributed by atoms with Crippen LogP contribution in [-0.2, 0) is 0 Å². The maximum Gasteiger partial charge on any atom is 0.119 e. The van der Waals surface area contributed by atoms with Crippen LogP contribution in [0.1, 0.15) is 42.9 Å². The fourth-order valence-corrected chi connectivity index (χ4v) is 2.46. The smallest absolute Gasteiger partial charge is 0.119 e. The minimum Gasteiger partial charge on any atom is -0.497 e. The first kappa shape index (κ1) is 10.5. The van der Waals surface area contributed by atoms with Crippen molar-refractivity contribution in [1.82, 2.24) is 5.32 Å². The summed E-state index contributed by atoms with van der Waals surface area (Å²) in [5.41, 5.74) is 2.89. The Hall–Kier alpha value is -1.02. The monoisotopic (exact) mass is 205 g/mol. The average Bonchev–Trinajstić information content (AvgIpc) is 2.29. The highest BCUT2D eigenvalue weighted by molar-refractivity contribution is 5.41. The second kappa shape index (κ2) is 4.23. The molecule has 0 radical (unpaired) electrons. The zero-order chi connectivity index (χ0) is 10.8. The molecule has 0 heterocycles. The molecule has 0 bridgehead atoms. The van der Waals surface area contributed by atoms with Crippen molar-refractivity contribution in [2.45, 2.75) is 31.7 Å². The predicted molar refractivity (Wildman–Crippen MR) is 62.4 cm³/mol. The quantitative estimate of drug-likeness (QED) is 0.801. The van der Waals surface area contributed by atoms with E-state index in [1.54, 1.807) is 7.11 Å². The Labute approximate surface area is 91.6 Å². The van der Waals surface area contributed by atoms with E-state index in [1.165, 1.54) is 24.0 Å². The molecule has 0 saturated heterocycles. The minimum atomic E-state index is 0.492. The van der Waals surface area contributed by atoms with Crippen molar-refractivity contribution >= 4 is 0 Å². The third-order valence-electron chi connectivity index (χ3n) is 3.44. The van der Waals surface area contributed by atoms with E-state index in [-0.39, 0.29) is 0 Å². The summed E-state index contributed by atoms with van der Waals surface area (Å²) in [6.45, 7) is 2.30. The van der Waals surface area contributed by atoms with Gasteiger partial charge >= 0.3 is 0 Å². The van der Waals surface area contributed by atoms with Crippen LogP contribution in [0.2, 0.25) is 0 Å². The fraction of sp³-hybridized carbons (Fsp3) is 0.538. The molecule has 82 valence electrons. The number of ether oxygens (including phenoxy) is 1. The Kier molecular flexibility index (Phi) is 2.96. The summed E-state index contributed by atoms with van der Waals surface area (Å²) >= 11 is 0. The molecule has 2 nitrogen and oxygen atoms in total. The van der Waals surface area contributed by atoms with E-state index in [2.05, 4.69) is 30.4 Å². The van der Waals surface area contributed by atoms with E-state index >= 15 is 0 Å². The molecule has 2 atom stereocenters. The number of hydrogen-bond donors (Lipinski definition) is 1. The van der Waals surface area contributed by atoms with Gasteiger partial charge in [-0.3, -0.25) is 0 Å². The molecule has 0 aromatic heterocycles. The molecule has 0 saturated carbocycles. The Morgan fingerprint density at radius 2 is 2.07 bits per heavy atom. The van der Waals surface area contributed by atoms with Crippen LogP contribution < -0.4 is 10.1 Å². The third-order valence-corrected chi connectivity index (χ3v) is 3.44. The lowest BCUT2D eigenvalue weighted by atomic mass is 9.81. The van der Waals surface area contributed by atoms with Crippen LogP contribution in [0.3, 0.4) is 0 Å². The van der Waals surface area contributed by atoms with Gasteiger partial charge in [-0.1, -0.05) is 13.0 Å². The molecule has 2 heteroatoms. The van der Waals surface area contributed by atoms with Crippen LogP contribution in [0, 0.1) is 0 Å². The van der Waals surface area contributed by atoms with Crippen LogP contribution in [0.4, 0.5) is 0 Å². The van der Waals surface area contributed by atoms with E-state index in [1.807, 2.05) is 7.05 Å². The van der Waals surface area contributed by atoms with Gasteiger partial charge in [0, 0.05) is 6.04 Å². The summed E-state index contributed by atoms with van der Waals surface area (Å²) in [4.78, 5) is 0. The van der Waals surface area contributed by atoms with Crippen molar-refractivity contribution in [3.8, 4) is 5.75 Å². The Morgan fingerprint density at radius 3 is 2.73 bits per heavy atom. The van der Waals surface area contributed by atoms with Gasteiger partial charge in [-0.15, -0.1) is 0 Å². The first-order valence-corrected chi connectivity index (χ1v) is 5.61. The highest BCUT2D eigenvalue weighted by atomic mass is 16.5. The molecule has 1 aliphatic rings. The summed E-state index contributed by atoms with van der Waals surface area (Å²) in [6.07, 6.45) is 2.49. The van der Waals surface area contributed by atoms with Crippen molar-refractivity contribution in [3.63, 3.8) is 0 Å². The van der Waals surface area contributed by atoms with Crippen LogP contribution in [-0.4, -0.2) is 14.2 Å². The fourth-order valence-electron chi connectivity index (χ4n) is 2.46. The van der Waals surface area contributed by atoms with Crippen LogP contribution in [0.15, 0.2) is 18.2 Å². The van der Waals surface area contributed by atoms with Crippen molar-refractivity contribution in [1.29, 1.82) is 0 Å². The molecule has 0 amide bonds. The maximum atomic E-state index is 5.28. The summed E-state index contributed by atoms with van der Waals surface area (Å²) in [6, 6.07) is 6.94. The van der Waals surface area contributed by atoms with Crippen LogP contribution in [0.25, 0.3) is 0 Å². The largest absolute Gasteiger partial charge is 0.497 e. The Bertz CT molecular complexity index is 348. The molecule has 2 unspecified atom stereocenters. The molecular weight excluding hydrogens is 186 g/mol. The Morgan fingerprint density at radius 1 is 1.27 bits per heavy atom. The van der Waals surface area contributed by atoms with E-state index in [0.717, 1.165) is 5.75 Å². The molecule has 15 heavy (non-hydrogen) atoms. The van der Waals surface area contributed by atoms with E-state index in [4.69, 9.17) is 4.74 Å². The lowest BCUT2D eigenvalue weighted by molar-refractivity contribution is 0.408. The molecule has 0 aliphatic heterocycles. The Balaban J connectivity index is 2.43. The summed E-state index contributed by atoms with van der Waals surface area (Å²) in [7, 11) is 3.76. The summed E-state index contributed by atoms with van der Waals surface area (Å²) < 4.78 is 5.28. The summed E-state index contributed by atoms with van der Waals surface area (Å²) in [5.74, 6) is 1.64. The zero-order valence-electron chi connectivity index (χ0n) is 9.71. The molecule has 0 fully saturated rings. The molecule has 1 N–H and O–H groups in total. The number of fused-ring (bicyclic) bond motifs is 1. The normalized spacial score (nSPS) is 24.7. The van der Waals surface area contributed by atoms with E-state index in [0.29, 0.717) is 12.0 Å². The molecule has 0 spiro atoms. The second-order valence-corrected chi connectivity index (χ2v) is 4.31. The standard InChI is InChI=1S/C13H19NO/c1-9-4-7-13(14-2)12-8-10(15-3)5-6-11(9)12/h5-6,8-9,13-14H,4,7H2,1-3H3. The highest BCUT2D eigenvalue weighted by Crippen LogP contribution is 2.38. The summed E-state index contributed by atoms with van der Waals surface area (Å²) in [5, 5.41) is 3.38. The van der Waals surface area contributed by atoms with Gasteiger partial charge in [0.1, 0.15) is 5.75 Å². The lowest BCUT2D eigenvalue weighted by Crippen LogP contribution is -2.22. The lowest BCUT2D eigenvalue weighted by Gasteiger charge is -2.29.